The van der Waals surface area contributed by atoms with Gasteiger partial charge in [-0.05, 0) is 32.8 Å². The summed E-state index contributed by atoms with van der Waals surface area (Å²) in [4.78, 5) is 3.79. The van der Waals surface area contributed by atoms with E-state index in [1.807, 2.05) is 9.80 Å². The topological polar surface area (TPSA) is 6.48 Å². The first-order valence-corrected chi connectivity index (χ1v) is 15.6. The van der Waals surface area contributed by atoms with Crippen LogP contribution in [-0.2, 0) is 12.4 Å². The van der Waals surface area contributed by atoms with Crippen molar-refractivity contribution in [3.8, 4) is 0 Å². The Morgan fingerprint density at radius 3 is 0.973 bits per heavy atom. The molecule has 214 valence electrons. The Balaban J connectivity index is 2.75. The predicted molar refractivity (Wildman–Crippen MR) is 149 cm³/mol. The highest BCUT2D eigenvalue weighted by atomic mass is 31.1. The quantitative estimate of drug-likeness (QED) is 0.262. The molecule has 0 N–H and O–H groups in total. The maximum Gasteiger partial charge on any atom is 0.417 e. The first kappa shape index (κ1) is 32.5. The van der Waals surface area contributed by atoms with Crippen LogP contribution in [0.3, 0.4) is 0 Å². The molecule has 0 bridgehead atoms. The largest absolute Gasteiger partial charge is 0.417 e. The minimum absolute atomic E-state index is 0.0939. The van der Waals surface area contributed by atoms with Crippen LogP contribution in [0.2, 0.25) is 0 Å². The second kappa shape index (κ2) is 10.0. The Labute approximate surface area is 222 Å². The Hall–Kier alpha value is -0.740. The summed E-state index contributed by atoms with van der Waals surface area (Å²) in [7, 11) is -1.46. The summed E-state index contributed by atoms with van der Waals surface area (Å²) in [5, 5.41) is -0.376. The number of anilines is 2. The number of halogens is 6. The highest BCUT2D eigenvalue weighted by Crippen LogP contribution is 2.63. The van der Waals surface area contributed by atoms with E-state index in [0.717, 1.165) is 12.1 Å². The Morgan fingerprint density at radius 1 is 0.541 bits per heavy atom. The number of hydrogen-bond donors (Lipinski definition) is 0. The zero-order valence-electron chi connectivity index (χ0n) is 24.3. The van der Waals surface area contributed by atoms with Gasteiger partial charge in [-0.1, -0.05) is 98.9 Å². The zero-order chi connectivity index (χ0) is 29.2. The summed E-state index contributed by atoms with van der Waals surface area (Å²) in [5.41, 5.74) is -2.73. The van der Waals surface area contributed by atoms with Gasteiger partial charge in [0.15, 0.2) is 0 Å². The van der Waals surface area contributed by atoms with Crippen molar-refractivity contribution in [2.75, 3.05) is 29.0 Å². The van der Waals surface area contributed by atoms with Gasteiger partial charge in [-0.3, -0.25) is 0 Å². The fourth-order valence-electron chi connectivity index (χ4n) is 5.36. The lowest BCUT2D eigenvalue weighted by atomic mass is 10.0. The molecule has 2 rings (SSSR count). The molecule has 0 unspecified atom stereocenters. The average Bonchev–Trinajstić information content (AvgIpc) is 2.95. The minimum atomic E-state index is -5.11. The van der Waals surface area contributed by atoms with Gasteiger partial charge < -0.3 is 9.80 Å². The van der Waals surface area contributed by atoms with Gasteiger partial charge in [-0.25, -0.2) is 0 Å². The minimum Gasteiger partial charge on any atom is -0.348 e. The highest BCUT2D eigenvalue weighted by Gasteiger charge is 2.47. The lowest BCUT2D eigenvalue weighted by molar-refractivity contribution is -0.162. The van der Waals surface area contributed by atoms with Crippen LogP contribution in [0.1, 0.15) is 94.2 Å². The summed E-state index contributed by atoms with van der Waals surface area (Å²) in [6.07, 6.45) is -9.20. The number of hydrogen-bond acceptors (Lipinski definition) is 2. The maximum absolute atomic E-state index is 13.9. The molecule has 0 fully saturated rings. The molecule has 0 aliphatic carbocycles. The number of alkyl halides is 6. The molecule has 0 spiro atoms. The Morgan fingerprint density at radius 2 is 0.784 bits per heavy atom. The van der Waals surface area contributed by atoms with Crippen LogP contribution in [0.25, 0.3) is 0 Å². The smallest absolute Gasteiger partial charge is 0.348 e. The van der Waals surface area contributed by atoms with Crippen LogP contribution in [0.4, 0.5) is 37.7 Å². The lowest BCUT2D eigenvalue weighted by Gasteiger charge is -2.45. The van der Waals surface area contributed by atoms with Gasteiger partial charge in [0, 0.05) is 12.6 Å². The van der Waals surface area contributed by atoms with Crippen LogP contribution >= 0.6 is 15.8 Å². The summed E-state index contributed by atoms with van der Waals surface area (Å²) < 4.78 is 83.5. The molecule has 1 aromatic carbocycles. The van der Waals surface area contributed by atoms with E-state index < -0.39 is 39.3 Å². The van der Waals surface area contributed by atoms with Gasteiger partial charge >= 0.3 is 12.4 Å². The van der Waals surface area contributed by atoms with E-state index in [2.05, 4.69) is 83.1 Å². The molecule has 10 heteroatoms. The number of rotatable bonds is 4. The molecular formula is C27H44F6N2P2. The van der Waals surface area contributed by atoms with Gasteiger partial charge in [0.05, 0.1) is 29.2 Å². The molecule has 1 aliphatic rings. The summed E-state index contributed by atoms with van der Waals surface area (Å²) in [6.45, 7) is 25.8. The standard InChI is InChI=1S/C27H44F6N2P2/c1-22(2,3)36(23(4,5)6)16-34-15-35(17-37(24(7,8)9)25(10,11)12)21-14-19(27(31,32)33)18(13-20(21)34)26(28,29)30/h13-14H,15-17H2,1-12H3. The van der Waals surface area contributed by atoms with Crippen molar-refractivity contribution in [3.05, 3.63) is 23.3 Å². The van der Waals surface area contributed by atoms with Crippen LogP contribution in [0, 0.1) is 0 Å². The van der Waals surface area contributed by atoms with Crippen molar-refractivity contribution < 1.29 is 26.3 Å². The van der Waals surface area contributed by atoms with Gasteiger partial charge in [0.2, 0.25) is 0 Å². The summed E-state index contributed by atoms with van der Waals surface area (Å²) in [5.74, 6) is 0. The normalized spacial score (nSPS) is 16.3. The third-order valence-electron chi connectivity index (χ3n) is 6.61. The van der Waals surface area contributed by atoms with E-state index in [4.69, 9.17) is 0 Å². The molecule has 0 atom stereocenters. The van der Waals surface area contributed by atoms with Crippen molar-refractivity contribution in [1.82, 2.24) is 0 Å². The molecule has 1 heterocycles. The predicted octanol–water partition coefficient (Wildman–Crippen LogP) is 10.4. The van der Waals surface area contributed by atoms with E-state index in [9.17, 15) is 26.3 Å². The van der Waals surface area contributed by atoms with E-state index in [-0.39, 0.29) is 38.7 Å². The molecule has 0 saturated heterocycles. The number of nitrogens with zero attached hydrogens (tertiary/aromatic N) is 2. The van der Waals surface area contributed by atoms with E-state index >= 15 is 0 Å². The van der Waals surface area contributed by atoms with Crippen LogP contribution in [0.5, 0.6) is 0 Å². The van der Waals surface area contributed by atoms with Gasteiger partial charge in [-0.2, -0.15) is 26.3 Å². The monoisotopic (exact) mass is 572 g/mol. The molecule has 37 heavy (non-hydrogen) atoms. The molecule has 0 saturated carbocycles. The molecule has 0 amide bonds. The van der Waals surface area contributed by atoms with Crippen LogP contribution in [0.15, 0.2) is 12.1 Å². The van der Waals surface area contributed by atoms with Crippen molar-refractivity contribution >= 4 is 27.2 Å². The molecule has 0 radical (unpaired) electrons. The number of fused-ring (bicyclic) bond motifs is 1. The second-order valence-electron chi connectivity index (χ2n) is 13.9. The third-order valence-corrected chi connectivity index (χ3v) is 14.3. The molecule has 2 nitrogen and oxygen atoms in total. The lowest BCUT2D eigenvalue weighted by Crippen LogP contribution is -2.38. The molecular weight excluding hydrogens is 528 g/mol. The molecule has 0 aromatic heterocycles. The maximum atomic E-state index is 13.9. The van der Waals surface area contributed by atoms with Crippen molar-refractivity contribution in [2.24, 2.45) is 0 Å². The van der Waals surface area contributed by atoms with E-state index in [0.29, 0.717) is 12.6 Å². The van der Waals surface area contributed by atoms with Gasteiger partial charge in [0.25, 0.3) is 0 Å². The zero-order valence-corrected chi connectivity index (χ0v) is 26.1. The summed E-state index contributed by atoms with van der Waals surface area (Å²) in [6, 6.07) is 1.49. The highest BCUT2D eigenvalue weighted by molar-refractivity contribution is 7.61. The average molecular weight is 573 g/mol. The fourth-order valence-corrected chi connectivity index (χ4v) is 12.2. The van der Waals surface area contributed by atoms with Crippen molar-refractivity contribution in [3.63, 3.8) is 0 Å². The van der Waals surface area contributed by atoms with Crippen LogP contribution < -0.4 is 9.80 Å². The molecule has 1 aromatic rings. The Bertz CT molecular complexity index is 855. The van der Waals surface area contributed by atoms with E-state index in [1.165, 1.54) is 0 Å². The van der Waals surface area contributed by atoms with Crippen molar-refractivity contribution in [2.45, 2.75) is 116 Å². The van der Waals surface area contributed by atoms with Crippen molar-refractivity contribution in [1.29, 1.82) is 0 Å². The van der Waals surface area contributed by atoms with E-state index in [1.54, 1.807) is 0 Å². The van der Waals surface area contributed by atoms with Crippen LogP contribution in [-0.4, -0.2) is 39.9 Å². The fraction of sp³-hybridized carbons (Fsp3) is 0.778. The summed E-state index contributed by atoms with van der Waals surface area (Å²) >= 11 is 0. The third kappa shape index (κ3) is 7.68. The molecule has 1 aliphatic heterocycles. The Kier molecular flexibility index (Phi) is 8.80. The van der Waals surface area contributed by atoms with Gasteiger partial charge in [0.1, 0.15) is 0 Å². The SMILES string of the molecule is CC(C)(C)P(CN1CN(CP(C(C)(C)C)C(C)(C)C)c2cc(C(F)(F)F)c(C(F)(F)F)cc21)C(C)(C)C. The second-order valence-corrected chi connectivity index (χ2v) is 21.6. The first-order valence-electron chi connectivity index (χ1n) is 12.5. The number of benzene rings is 1. The first-order chi connectivity index (χ1) is 16.1. The van der Waals surface area contributed by atoms with Gasteiger partial charge in [-0.15, -0.1) is 0 Å².